The molecule has 0 aliphatic carbocycles. The summed E-state index contributed by atoms with van der Waals surface area (Å²) < 4.78 is 0. The summed E-state index contributed by atoms with van der Waals surface area (Å²) in [5, 5.41) is 5.27. The van der Waals surface area contributed by atoms with Crippen LogP contribution >= 0.6 is 0 Å². The molecule has 0 spiro atoms. The Labute approximate surface area is 67.5 Å². The fourth-order valence-electron chi connectivity index (χ4n) is 0.632. The number of nitrogens with zero attached hydrogens (tertiary/aromatic N) is 3. The van der Waals surface area contributed by atoms with Gasteiger partial charge in [-0.15, -0.1) is 0 Å². The van der Waals surface area contributed by atoms with E-state index in [1.165, 1.54) is 9.91 Å². The summed E-state index contributed by atoms with van der Waals surface area (Å²) >= 11 is 0. The third-order valence-electron chi connectivity index (χ3n) is 1.01. The van der Waals surface area contributed by atoms with Crippen molar-refractivity contribution in [2.45, 2.75) is 13.8 Å². The molecule has 0 radical (unpaired) electrons. The van der Waals surface area contributed by atoms with Gasteiger partial charge in [-0.2, -0.15) is 5.10 Å². The summed E-state index contributed by atoms with van der Waals surface area (Å²) in [6.07, 6.45) is 0. The van der Waals surface area contributed by atoms with Crippen LogP contribution in [0.4, 0.5) is 4.79 Å². The number of carbonyl (C=O) groups is 1. The van der Waals surface area contributed by atoms with Gasteiger partial charge in [-0.3, -0.25) is 0 Å². The van der Waals surface area contributed by atoms with Gasteiger partial charge in [-0.1, -0.05) is 0 Å². The number of hydrogen-bond acceptors (Lipinski definition) is 2. The predicted octanol–water partition coefficient (Wildman–Crippen LogP) is 0.996. The first-order valence-corrected chi connectivity index (χ1v) is 3.42. The summed E-state index contributed by atoms with van der Waals surface area (Å²) in [4.78, 5) is 12.6. The molecule has 2 amide bonds. The molecule has 11 heavy (non-hydrogen) atoms. The summed E-state index contributed by atoms with van der Waals surface area (Å²) in [6, 6.07) is -0.119. The lowest BCUT2D eigenvalue weighted by Crippen LogP contribution is -2.33. The van der Waals surface area contributed by atoms with E-state index in [0.717, 1.165) is 5.71 Å². The minimum Gasteiger partial charge on any atom is -0.329 e. The molecule has 0 N–H and O–H groups in total. The Kier molecular flexibility index (Phi) is 3.57. The minimum atomic E-state index is -0.119. The molecule has 64 valence electrons. The van der Waals surface area contributed by atoms with Crippen molar-refractivity contribution < 1.29 is 4.79 Å². The van der Waals surface area contributed by atoms with Crippen LogP contribution in [0.15, 0.2) is 5.10 Å². The molecule has 0 heterocycles. The predicted molar refractivity (Wildman–Crippen MR) is 45.6 cm³/mol. The van der Waals surface area contributed by atoms with Gasteiger partial charge >= 0.3 is 6.03 Å². The molecule has 0 aliphatic heterocycles. The van der Waals surface area contributed by atoms with Crippen LogP contribution < -0.4 is 0 Å². The van der Waals surface area contributed by atoms with Crippen LogP contribution in [0.3, 0.4) is 0 Å². The second-order valence-corrected chi connectivity index (χ2v) is 2.75. The number of hydrazone groups is 1. The Morgan fingerprint density at radius 3 is 1.91 bits per heavy atom. The van der Waals surface area contributed by atoms with Crippen molar-refractivity contribution in [2.75, 3.05) is 21.1 Å². The molecule has 0 saturated heterocycles. The zero-order chi connectivity index (χ0) is 9.02. The average molecular weight is 157 g/mol. The van der Waals surface area contributed by atoms with E-state index in [2.05, 4.69) is 5.10 Å². The first-order chi connectivity index (χ1) is 4.95. The fourth-order valence-corrected chi connectivity index (χ4v) is 0.632. The first-order valence-electron chi connectivity index (χ1n) is 3.42. The van der Waals surface area contributed by atoms with Crippen molar-refractivity contribution in [1.29, 1.82) is 0 Å². The highest BCUT2D eigenvalue weighted by molar-refractivity contribution is 5.81. The molecule has 0 saturated carbocycles. The van der Waals surface area contributed by atoms with E-state index in [0.29, 0.717) is 0 Å². The SMILES string of the molecule is CC(C)=NN(C)C(=O)N(C)C. The van der Waals surface area contributed by atoms with Gasteiger partial charge in [-0.25, -0.2) is 9.80 Å². The van der Waals surface area contributed by atoms with Gasteiger partial charge in [0.2, 0.25) is 0 Å². The number of rotatable bonds is 1. The van der Waals surface area contributed by atoms with E-state index in [1.807, 2.05) is 13.8 Å². The molecule has 0 aromatic heterocycles. The average Bonchev–Trinajstić information content (AvgIpc) is 1.84. The Morgan fingerprint density at radius 2 is 1.64 bits per heavy atom. The van der Waals surface area contributed by atoms with Gasteiger partial charge in [0.05, 0.1) is 0 Å². The molecule has 0 atom stereocenters. The van der Waals surface area contributed by atoms with Gasteiger partial charge in [0, 0.05) is 26.9 Å². The molecule has 0 rings (SSSR count). The molecule has 0 aromatic carbocycles. The maximum atomic E-state index is 11.1. The van der Waals surface area contributed by atoms with Crippen LogP contribution in [0, 0.1) is 0 Å². The summed E-state index contributed by atoms with van der Waals surface area (Å²) in [6.45, 7) is 3.69. The number of urea groups is 1. The quantitative estimate of drug-likeness (QED) is 0.413. The third kappa shape index (κ3) is 3.60. The van der Waals surface area contributed by atoms with Gasteiger partial charge in [0.15, 0.2) is 0 Å². The van der Waals surface area contributed by atoms with Crippen molar-refractivity contribution >= 4 is 11.7 Å². The van der Waals surface area contributed by atoms with E-state index in [4.69, 9.17) is 0 Å². The number of hydrogen-bond donors (Lipinski definition) is 0. The lowest BCUT2D eigenvalue weighted by Gasteiger charge is -2.16. The maximum Gasteiger partial charge on any atom is 0.339 e. The highest BCUT2D eigenvalue weighted by Gasteiger charge is 2.07. The highest BCUT2D eigenvalue weighted by atomic mass is 16.2. The maximum absolute atomic E-state index is 11.1. The van der Waals surface area contributed by atoms with E-state index in [9.17, 15) is 4.79 Å². The summed E-state index contributed by atoms with van der Waals surface area (Å²) in [5.74, 6) is 0. The monoisotopic (exact) mass is 157 g/mol. The molecule has 4 nitrogen and oxygen atoms in total. The lowest BCUT2D eigenvalue weighted by molar-refractivity contribution is 0.183. The Morgan fingerprint density at radius 1 is 1.18 bits per heavy atom. The Bertz CT molecular complexity index is 171. The van der Waals surface area contributed by atoms with Crippen molar-refractivity contribution in [3.63, 3.8) is 0 Å². The van der Waals surface area contributed by atoms with Crippen molar-refractivity contribution in [3.8, 4) is 0 Å². The second kappa shape index (κ2) is 3.95. The number of carbonyl (C=O) groups excluding carboxylic acids is 1. The smallest absolute Gasteiger partial charge is 0.329 e. The molecule has 0 aromatic rings. The van der Waals surface area contributed by atoms with Crippen LogP contribution in [0.5, 0.6) is 0 Å². The first kappa shape index (κ1) is 9.94. The van der Waals surface area contributed by atoms with Crippen molar-refractivity contribution in [2.24, 2.45) is 5.10 Å². The molecular formula is C7H15N3O. The highest BCUT2D eigenvalue weighted by Crippen LogP contribution is 1.91. The van der Waals surface area contributed by atoms with Gasteiger partial charge in [-0.05, 0) is 13.8 Å². The minimum absolute atomic E-state index is 0.119. The van der Waals surface area contributed by atoms with Crippen LogP contribution in [0.2, 0.25) is 0 Å². The van der Waals surface area contributed by atoms with Crippen molar-refractivity contribution in [3.05, 3.63) is 0 Å². The van der Waals surface area contributed by atoms with E-state index in [1.54, 1.807) is 21.1 Å². The van der Waals surface area contributed by atoms with Gasteiger partial charge in [0.1, 0.15) is 0 Å². The Hall–Kier alpha value is -1.06. The normalized spacial score (nSPS) is 8.82. The lowest BCUT2D eigenvalue weighted by atomic mass is 10.5. The summed E-state index contributed by atoms with van der Waals surface area (Å²) in [5.41, 5.74) is 0.864. The van der Waals surface area contributed by atoms with E-state index < -0.39 is 0 Å². The largest absolute Gasteiger partial charge is 0.339 e. The third-order valence-corrected chi connectivity index (χ3v) is 1.01. The molecule has 0 aliphatic rings. The fraction of sp³-hybridized carbons (Fsp3) is 0.714. The standard InChI is InChI=1S/C7H15N3O/c1-6(2)8-10(5)7(11)9(3)4/h1-5H3. The Balaban J connectivity index is 4.15. The summed E-state index contributed by atoms with van der Waals surface area (Å²) in [7, 11) is 5.02. The molecule has 4 heteroatoms. The van der Waals surface area contributed by atoms with Crippen LogP contribution in [0.1, 0.15) is 13.8 Å². The van der Waals surface area contributed by atoms with E-state index >= 15 is 0 Å². The van der Waals surface area contributed by atoms with Crippen LogP contribution in [0.25, 0.3) is 0 Å². The van der Waals surface area contributed by atoms with Crippen LogP contribution in [-0.2, 0) is 0 Å². The van der Waals surface area contributed by atoms with Gasteiger partial charge < -0.3 is 4.90 Å². The number of amides is 2. The zero-order valence-corrected chi connectivity index (χ0v) is 7.75. The molecule has 0 fully saturated rings. The second-order valence-electron chi connectivity index (χ2n) is 2.75. The van der Waals surface area contributed by atoms with Gasteiger partial charge in [0.25, 0.3) is 0 Å². The van der Waals surface area contributed by atoms with Crippen LogP contribution in [-0.4, -0.2) is 42.8 Å². The topological polar surface area (TPSA) is 35.9 Å². The zero-order valence-electron chi connectivity index (χ0n) is 7.75. The molecule has 0 unspecified atom stereocenters. The van der Waals surface area contributed by atoms with E-state index in [-0.39, 0.29) is 6.03 Å². The molecule has 0 bridgehead atoms. The van der Waals surface area contributed by atoms with Crippen molar-refractivity contribution in [1.82, 2.24) is 9.91 Å². The molecular weight excluding hydrogens is 142 g/mol.